The number of carbonyl (C=O) groups excluding carboxylic acids is 1. The van der Waals surface area contributed by atoms with Crippen LogP contribution < -0.4 is 5.32 Å². The predicted octanol–water partition coefficient (Wildman–Crippen LogP) is 3.07. The van der Waals surface area contributed by atoms with Gasteiger partial charge in [0.25, 0.3) is 0 Å². The lowest BCUT2D eigenvalue weighted by Gasteiger charge is -2.05. The molecule has 0 saturated carbocycles. The molecular weight excluding hydrogens is 302 g/mol. The third kappa shape index (κ3) is 2.77. The second-order valence-electron chi connectivity index (χ2n) is 5.45. The van der Waals surface area contributed by atoms with E-state index in [1.54, 1.807) is 18.5 Å². The fourth-order valence-corrected chi connectivity index (χ4v) is 2.68. The van der Waals surface area contributed by atoms with Crippen molar-refractivity contribution in [2.45, 2.75) is 6.54 Å². The van der Waals surface area contributed by atoms with E-state index in [0.29, 0.717) is 5.82 Å². The molecule has 6 heteroatoms. The van der Waals surface area contributed by atoms with Crippen LogP contribution in [0.1, 0.15) is 0 Å². The molecule has 4 rings (SSSR count). The molecule has 1 amide bonds. The minimum atomic E-state index is -0.121. The Hall–Kier alpha value is -3.41. The molecule has 0 saturated heterocycles. The van der Waals surface area contributed by atoms with Gasteiger partial charge in [0.1, 0.15) is 6.54 Å². The van der Waals surface area contributed by atoms with Crippen molar-refractivity contribution in [1.82, 2.24) is 19.7 Å². The summed E-state index contributed by atoms with van der Waals surface area (Å²) in [6, 6.07) is 15.5. The Kier molecular flexibility index (Phi) is 3.55. The molecule has 0 aliphatic rings. The first-order valence-corrected chi connectivity index (χ1v) is 7.59. The van der Waals surface area contributed by atoms with E-state index in [1.165, 1.54) is 0 Å². The summed E-state index contributed by atoms with van der Waals surface area (Å²) in [6.45, 7) is 0.241. The topological polar surface area (TPSA) is 75.6 Å². The molecule has 0 fully saturated rings. The number of rotatable bonds is 4. The molecule has 24 heavy (non-hydrogen) atoms. The summed E-state index contributed by atoms with van der Waals surface area (Å²) in [6.07, 6.45) is 5.34. The number of aromatic amines is 1. The van der Waals surface area contributed by atoms with Crippen LogP contribution in [0.5, 0.6) is 0 Å². The maximum atomic E-state index is 12.3. The number of para-hydroxylation sites is 1. The Morgan fingerprint density at radius 3 is 2.83 bits per heavy atom. The quantitative estimate of drug-likeness (QED) is 0.607. The van der Waals surface area contributed by atoms with E-state index in [-0.39, 0.29) is 12.5 Å². The van der Waals surface area contributed by atoms with Crippen LogP contribution >= 0.6 is 0 Å². The minimum absolute atomic E-state index is 0.121. The number of amides is 1. The van der Waals surface area contributed by atoms with Crippen LogP contribution in [0.3, 0.4) is 0 Å². The summed E-state index contributed by atoms with van der Waals surface area (Å²) in [7, 11) is 0. The summed E-state index contributed by atoms with van der Waals surface area (Å²) in [5.74, 6) is 0.382. The van der Waals surface area contributed by atoms with Crippen LogP contribution in [0.25, 0.3) is 22.2 Å². The predicted molar refractivity (Wildman–Crippen MR) is 92.4 cm³/mol. The van der Waals surface area contributed by atoms with Gasteiger partial charge in [0.2, 0.25) is 5.91 Å². The lowest BCUT2D eigenvalue weighted by molar-refractivity contribution is -0.116. The van der Waals surface area contributed by atoms with Gasteiger partial charge in [-0.25, -0.2) is 0 Å². The Morgan fingerprint density at radius 1 is 1.12 bits per heavy atom. The minimum Gasteiger partial charge on any atom is -0.338 e. The van der Waals surface area contributed by atoms with Gasteiger partial charge in [-0.3, -0.25) is 14.9 Å². The summed E-state index contributed by atoms with van der Waals surface area (Å²) < 4.78 is 1.92. The van der Waals surface area contributed by atoms with Crippen LogP contribution in [0.15, 0.2) is 67.1 Å². The first-order chi connectivity index (χ1) is 11.8. The largest absolute Gasteiger partial charge is 0.338 e. The van der Waals surface area contributed by atoms with Crippen LogP contribution in [-0.2, 0) is 11.3 Å². The highest BCUT2D eigenvalue weighted by Crippen LogP contribution is 2.19. The lowest BCUT2D eigenvalue weighted by atomic mass is 10.2. The van der Waals surface area contributed by atoms with E-state index in [1.807, 2.05) is 53.2 Å². The summed E-state index contributed by atoms with van der Waals surface area (Å²) >= 11 is 0. The van der Waals surface area contributed by atoms with Crippen molar-refractivity contribution in [2.24, 2.45) is 0 Å². The first-order valence-electron chi connectivity index (χ1n) is 7.59. The van der Waals surface area contributed by atoms with Crippen LogP contribution in [0.2, 0.25) is 0 Å². The molecule has 6 nitrogen and oxygen atoms in total. The van der Waals surface area contributed by atoms with Crippen LogP contribution in [0, 0.1) is 0 Å². The molecule has 3 heterocycles. The van der Waals surface area contributed by atoms with Crippen molar-refractivity contribution < 1.29 is 4.79 Å². The number of nitrogens with one attached hydrogen (secondary N) is 2. The third-order valence-electron chi connectivity index (χ3n) is 3.83. The molecule has 0 bridgehead atoms. The smallest absolute Gasteiger partial charge is 0.245 e. The third-order valence-corrected chi connectivity index (χ3v) is 3.83. The van der Waals surface area contributed by atoms with Gasteiger partial charge in [-0.1, -0.05) is 18.2 Å². The molecule has 0 radical (unpaired) electrons. The number of carbonyl (C=O) groups is 1. The molecule has 0 atom stereocenters. The van der Waals surface area contributed by atoms with E-state index in [4.69, 9.17) is 0 Å². The zero-order valence-corrected chi connectivity index (χ0v) is 12.8. The van der Waals surface area contributed by atoms with E-state index in [2.05, 4.69) is 20.5 Å². The highest BCUT2D eigenvalue weighted by atomic mass is 16.2. The molecule has 118 valence electrons. The summed E-state index contributed by atoms with van der Waals surface area (Å²) in [4.78, 5) is 16.3. The van der Waals surface area contributed by atoms with Crippen molar-refractivity contribution in [3.8, 4) is 11.3 Å². The number of aromatic nitrogens is 4. The fourth-order valence-electron chi connectivity index (χ4n) is 2.68. The number of H-pyrrole nitrogens is 1. The van der Waals surface area contributed by atoms with Gasteiger partial charge in [-0.15, -0.1) is 0 Å². The average Bonchev–Trinajstić information content (AvgIpc) is 3.23. The van der Waals surface area contributed by atoms with Gasteiger partial charge in [0.15, 0.2) is 5.82 Å². The number of hydrogen-bond acceptors (Lipinski definition) is 3. The van der Waals surface area contributed by atoms with E-state index < -0.39 is 0 Å². The zero-order chi connectivity index (χ0) is 16.4. The van der Waals surface area contributed by atoms with E-state index >= 15 is 0 Å². The van der Waals surface area contributed by atoms with Crippen molar-refractivity contribution in [1.29, 1.82) is 0 Å². The monoisotopic (exact) mass is 317 g/mol. The first kappa shape index (κ1) is 14.2. The summed E-state index contributed by atoms with van der Waals surface area (Å²) in [5, 5.41) is 11.0. The van der Waals surface area contributed by atoms with E-state index in [0.717, 1.165) is 22.2 Å². The Balaban J connectivity index is 1.48. The average molecular weight is 317 g/mol. The molecule has 0 unspecified atom stereocenters. The molecule has 0 aliphatic carbocycles. The Labute approximate surface area is 138 Å². The second-order valence-corrected chi connectivity index (χ2v) is 5.45. The molecule has 1 aromatic carbocycles. The standard InChI is InChI=1S/C18H15N5O/c24-18(12-23-10-7-14-3-1-2-4-16(14)23)20-17-11-15(21-22-17)13-5-8-19-9-6-13/h1-11H,12H2,(H2,20,21,22,24). The zero-order valence-electron chi connectivity index (χ0n) is 12.8. The van der Waals surface area contributed by atoms with Gasteiger partial charge in [0.05, 0.1) is 5.69 Å². The molecule has 3 aromatic heterocycles. The van der Waals surface area contributed by atoms with Crippen molar-refractivity contribution in [3.63, 3.8) is 0 Å². The molecule has 2 N–H and O–H groups in total. The number of pyridine rings is 1. The van der Waals surface area contributed by atoms with Crippen LogP contribution in [0.4, 0.5) is 5.82 Å². The van der Waals surface area contributed by atoms with Gasteiger partial charge in [-0.05, 0) is 29.7 Å². The maximum absolute atomic E-state index is 12.3. The van der Waals surface area contributed by atoms with Gasteiger partial charge in [0, 0.05) is 35.7 Å². The highest BCUT2D eigenvalue weighted by Gasteiger charge is 2.09. The second kappa shape index (κ2) is 6.00. The van der Waals surface area contributed by atoms with Crippen molar-refractivity contribution in [2.75, 3.05) is 5.32 Å². The van der Waals surface area contributed by atoms with E-state index in [9.17, 15) is 4.79 Å². The van der Waals surface area contributed by atoms with Crippen molar-refractivity contribution in [3.05, 3.63) is 67.1 Å². The Bertz CT molecular complexity index is 987. The molecular formula is C18H15N5O. The number of benzene rings is 1. The number of fused-ring (bicyclic) bond motifs is 1. The Morgan fingerprint density at radius 2 is 1.96 bits per heavy atom. The molecule has 0 spiro atoms. The lowest BCUT2D eigenvalue weighted by Crippen LogP contribution is -2.18. The summed E-state index contributed by atoms with van der Waals surface area (Å²) in [5.41, 5.74) is 2.83. The van der Waals surface area contributed by atoms with Gasteiger partial charge >= 0.3 is 0 Å². The highest BCUT2D eigenvalue weighted by molar-refractivity contribution is 5.91. The fraction of sp³-hybridized carbons (Fsp3) is 0.0556. The normalized spacial score (nSPS) is 10.8. The SMILES string of the molecule is O=C(Cn1ccc2ccccc21)Nc1cc(-c2ccncc2)[nH]n1. The van der Waals surface area contributed by atoms with Gasteiger partial charge < -0.3 is 9.88 Å². The number of hydrogen-bond donors (Lipinski definition) is 2. The van der Waals surface area contributed by atoms with Gasteiger partial charge in [-0.2, -0.15) is 5.10 Å². The van der Waals surface area contributed by atoms with Crippen LogP contribution in [-0.4, -0.2) is 25.7 Å². The van der Waals surface area contributed by atoms with Crippen molar-refractivity contribution >= 4 is 22.6 Å². The number of nitrogens with zero attached hydrogens (tertiary/aromatic N) is 3. The molecule has 0 aliphatic heterocycles. The maximum Gasteiger partial charge on any atom is 0.245 e. The number of anilines is 1. The molecule has 4 aromatic rings.